The van der Waals surface area contributed by atoms with Crippen molar-refractivity contribution in [1.82, 2.24) is 24.6 Å². The molecule has 2 N–H and O–H groups in total. The fourth-order valence-corrected chi connectivity index (χ4v) is 5.53. The average Bonchev–Trinajstić information content (AvgIpc) is 3.21. The number of hydrogen-bond acceptors (Lipinski definition) is 7. The quantitative estimate of drug-likeness (QED) is 0.386. The van der Waals surface area contributed by atoms with Gasteiger partial charge in [0.25, 0.3) is 0 Å². The highest BCUT2D eigenvalue weighted by atomic mass is 79.9. The van der Waals surface area contributed by atoms with Gasteiger partial charge in [-0.2, -0.15) is 5.10 Å². The SMILES string of the molecule is Cc1ccc(Br)nc1CC(=O)[C@@H]1C[C@@]2(C)C[C@H]2N1C(=O)Cn1nc(NCCC(=O)O)c2ccncc21. The number of amides is 1. The number of likely N-dealkylation sites (tertiary alicyclic amines) is 1. The molecule has 3 aromatic heterocycles. The molecule has 0 bridgehead atoms. The lowest BCUT2D eigenvalue weighted by Gasteiger charge is -2.27. The molecule has 2 aliphatic rings. The van der Waals surface area contributed by atoms with Crippen molar-refractivity contribution in [3.8, 4) is 0 Å². The number of pyridine rings is 2. The number of aromatic nitrogens is 4. The normalized spacial score (nSPS) is 22.5. The van der Waals surface area contributed by atoms with Gasteiger partial charge in [-0.1, -0.05) is 13.0 Å². The van der Waals surface area contributed by atoms with Crippen molar-refractivity contribution in [2.75, 3.05) is 11.9 Å². The standard InChI is InChI=1S/C25H27BrN6O4/c1-14-3-4-21(26)29-16(14)9-19(33)17-10-25(2)11-20(25)32(17)22(34)13-31-18-12-27-7-5-15(18)24(30-31)28-8-6-23(35)36/h3-5,7,12,17,20H,6,8-11,13H2,1-2H3,(H,28,30)(H,35,36)/t17-,20+,25-/m0/s1. The highest BCUT2D eigenvalue weighted by Gasteiger charge is 2.64. The molecule has 3 aromatic rings. The number of aliphatic carboxylic acids is 1. The molecular weight excluding hydrogens is 528 g/mol. The minimum Gasteiger partial charge on any atom is -0.481 e. The number of carbonyl (C=O) groups is 3. The van der Waals surface area contributed by atoms with Crippen molar-refractivity contribution in [3.63, 3.8) is 0 Å². The first-order valence-corrected chi connectivity index (χ1v) is 12.7. The molecule has 5 rings (SSSR count). The third kappa shape index (κ3) is 4.59. The number of piperidine rings is 1. The summed E-state index contributed by atoms with van der Waals surface area (Å²) in [4.78, 5) is 48.3. The van der Waals surface area contributed by atoms with Crippen LogP contribution in [0.1, 0.15) is 37.4 Å². The molecule has 1 saturated heterocycles. The van der Waals surface area contributed by atoms with Crippen LogP contribution in [-0.2, 0) is 27.3 Å². The van der Waals surface area contributed by atoms with Gasteiger partial charge in [-0.05, 0) is 58.8 Å². The molecule has 10 nitrogen and oxygen atoms in total. The maximum atomic E-state index is 13.6. The van der Waals surface area contributed by atoms with Crippen LogP contribution in [-0.4, -0.2) is 66.0 Å². The summed E-state index contributed by atoms with van der Waals surface area (Å²) < 4.78 is 2.25. The number of Topliss-reactive ketones (excluding diaryl/α,β-unsaturated/α-hetero) is 1. The third-order valence-electron chi connectivity index (χ3n) is 7.27. The minimum absolute atomic E-state index is 0.00603. The second-order valence-electron chi connectivity index (χ2n) is 9.91. The van der Waals surface area contributed by atoms with Gasteiger partial charge in [-0.25, -0.2) is 4.98 Å². The summed E-state index contributed by atoms with van der Waals surface area (Å²) in [5.74, 6) is -0.575. The first-order chi connectivity index (χ1) is 17.2. The van der Waals surface area contributed by atoms with E-state index in [2.05, 4.69) is 43.2 Å². The van der Waals surface area contributed by atoms with Crippen LogP contribution in [0.15, 0.2) is 35.2 Å². The van der Waals surface area contributed by atoms with Gasteiger partial charge in [0, 0.05) is 24.2 Å². The van der Waals surface area contributed by atoms with Crippen molar-refractivity contribution in [2.45, 2.75) is 58.2 Å². The highest BCUT2D eigenvalue weighted by molar-refractivity contribution is 9.10. The monoisotopic (exact) mass is 554 g/mol. The van der Waals surface area contributed by atoms with Crippen LogP contribution in [0.5, 0.6) is 0 Å². The number of anilines is 1. The smallest absolute Gasteiger partial charge is 0.305 e. The van der Waals surface area contributed by atoms with Crippen LogP contribution in [0.2, 0.25) is 0 Å². The fraction of sp³-hybridized carbons (Fsp3) is 0.440. The van der Waals surface area contributed by atoms with Gasteiger partial charge in [0.05, 0.1) is 36.3 Å². The van der Waals surface area contributed by atoms with E-state index in [0.29, 0.717) is 28.1 Å². The summed E-state index contributed by atoms with van der Waals surface area (Å²) >= 11 is 3.38. The molecule has 4 heterocycles. The van der Waals surface area contributed by atoms with E-state index in [1.165, 1.54) is 0 Å². The predicted molar refractivity (Wildman–Crippen MR) is 135 cm³/mol. The van der Waals surface area contributed by atoms with Crippen molar-refractivity contribution < 1.29 is 19.5 Å². The molecule has 11 heteroatoms. The second kappa shape index (κ2) is 9.27. The van der Waals surface area contributed by atoms with E-state index in [1.54, 1.807) is 28.0 Å². The predicted octanol–water partition coefficient (Wildman–Crippen LogP) is 2.98. The number of aryl methyl sites for hydroxylation is 1. The fourth-order valence-electron chi connectivity index (χ4n) is 5.19. The van der Waals surface area contributed by atoms with E-state index in [1.807, 2.05) is 19.1 Å². The molecule has 1 aliphatic heterocycles. The molecule has 0 spiro atoms. The summed E-state index contributed by atoms with van der Waals surface area (Å²) in [6.07, 6.45) is 4.92. The van der Waals surface area contributed by atoms with Crippen LogP contribution in [0.3, 0.4) is 0 Å². The van der Waals surface area contributed by atoms with Gasteiger partial charge in [0.2, 0.25) is 5.91 Å². The summed E-state index contributed by atoms with van der Waals surface area (Å²) in [6.45, 7) is 4.24. The number of carboxylic acid groups (broad SMARTS) is 1. The summed E-state index contributed by atoms with van der Waals surface area (Å²) in [7, 11) is 0. The molecule has 1 aliphatic carbocycles. The lowest BCUT2D eigenvalue weighted by molar-refractivity contribution is -0.139. The first kappa shape index (κ1) is 24.4. The number of carboxylic acids is 1. The average molecular weight is 555 g/mol. The van der Waals surface area contributed by atoms with Gasteiger partial charge in [0.15, 0.2) is 11.6 Å². The van der Waals surface area contributed by atoms with Gasteiger partial charge < -0.3 is 15.3 Å². The number of fused-ring (bicyclic) bond motifs is 2. The van der Waals surface area contributed by atoms with Gasteiger partial charge in [-0.3, -0.25) is 24.0 Å². The van der Waals surface area contributed by atoms with E-state index in [9.17, 15) is 14.4 Å². The zero-order valence-corrected chi connectivity index (χ0v) is 21.7. The van der Waals surface area contributed by atoms with Crippen LogP contribution >= 0.6 is 15.9 Å². The second-order valence-corrected chi connectivity index (χ2v) is 10.7. The van der Waals surface area contributed by atoms with Crippen LogP contribution in [0.25, 0.3) is 10.9 Å². The molecule has 0 radical (unpaired) electrons. The van der Waals surface area contributed by atoms with Crippen molar-refractivity contribution in [2.24, 2.45) is 5.41 Å². The van der Waals surface area contributed by atoms with E-state index in [-0.39, 0.29) is 49.1 Å². The molecule has 0 unspecified atom stereocenters. The summed E-state index contributed by atoms with van der Waals surface area (Å²) in [5.41, 5.74) is 2.29. The number of ketones is 1. The van der Waals surface area contributed by atoms with Gasteiger partial charge in [0.1, 0.15) is 11.1 Å². The molecule has 188 valence electrons. The molecule has 1 saturated carbocycles. The molecule has 3 atom stereocenters. The Morgan fingerprint density at radius 1 is 1.25 bits per heavy atom. The molecule has 36 heavy (non-hydrogen) atoms. The van der Waals surface area contributed by atoms with E-state index < -0.39 is 12.0 Å². The third-order valence-corrected chi connectivity index (χ3v) is 7.72. The Kier molecular flexibility index (Phi) is 6.27. The minimum atomic E-state index is -0.909. The number of rotatable bonds is 9. The van der Waals surface area contributed by atoms with Gasteiger partial charge in [-0.15, -0.1) is 0 Å². The zero-order valence-electron chi connectivity index (χ0n) is 20.1. The number of halogens is 1. The lowest BCUT2D eigenvalue weighted by atomic mass is 9.96. The Morgan fingerprint density at radius 3 is 2.83 bits per heavy atom. The topological polar surface area (TPSA) is 130 Å². The summed E-state index contributed by atoms with van der Waals surface area (Å²) in [5, 5.41) is 17.3. The number of carbonyl (C=O) groups excluding carboxylic acids is 2. The maximum absolute atomic E-state index is 13.6. The Balaban J connectivity index is 1.36. The van der Waals surface area contributed by atoms with E-state index >= 15 is 0 Å². The van der Waals surface area contributed by atoms with Gasteiger partial charge >= 0.3 is 5.97 Å². The van der Waals surface area contributed by atoms with E-state index in [4.69, 9.17) is 5.11 Å². The Labute approximate surface area is 216 Å². The van der Waals surface area contributed by atoms with Crippen molar-refractivity contribution in [3.05, 3.63) is 46.5 Å². The highest BCUT2D eigenvalue weighted by Crippen LogP contribution is 2.59. The van der Waals surface area contributed by atoms with Crippen molar-refractivity contribution in [1.29, 1.82) is 0 Å². The van der Waals surface area contributed by atoms with Crippen molar-refractivity contribution >= 4 is 50.3 Å². The largest absolute Gasteiger partial charge is 0.481 e. The number of nitrogens with one attached hydrogen (secondary N) is 1. The van der Waals surface area contributed by atoms with Crippen LogP contribution in [0.4, 0.5) is 5.82 Å². The van der Waals surface area contributed by atoms with Crippen LogP contribution in [0, 0.1) is 12.3 Å². The lowest BCUT2D eigenvalue weighted by Crippen LogP contribution is -2.45. The molecule has 1 amide bonds. The Morgan fingerprint density at radius 2 is 2.06 bits per heavy atom. The molecular formula is C25H27BrN6O4. The number of hydrogen-bond donors (Lipinski definition) is 2. The molecule has 0 aromatic carbocycles. The summed E-state index contributed by atoms with van der Waals surface area (Å²) in [6, 6.07) is 5.10. The van der Waals surface area contributed by atoms with Crippen LogP contribution < -0.4 is 5.32 Å². The Bertz CT molecular complexity index is 1370. The maximum Gasteiger partial charge on any atom is 0.305 e. The van der Waals surface area contributed by atoms with E-state index in [0.717, 1.165) is 17.4 Å². The first-order valence-electron chi connectivity index (χ1n) is 11.9. The molecule has 2 fully saturated rings. The number of nitrogens with zero attached hydrogens (tertiary/aromatic N) is 5. The zero-order chi connectivity index (χ0) is 25.6. The Hall–Kier alpha value is -3.34.